The van der Waals surface area contributed by atoms with E-state index in [1.54, 1.807) is 31.3 Å². The average molecular weight is 284 g/mol. The fourth-order valence-electron chi connectivity index (χ4n) is 2.00. The highest BCUT2D eigenvalue weighted by atomic mass is 16.6. The van der Waals surface area contributed by atoms with Crippen LogP contribution in [0.2, 0.25) is 0 Å². The van der Waals surface area contributed by atoms with E-state index in [4.69, 9.17) is 4.74 Å². The summed E-state index contributed by atoms with van der Waals surface area (Å²) in [6.07, 6.45) is 3.78. The monoisotopic (exact) mass is 284 g/mol. The molecule has 21 heavy (non-hydrogen) atoms. The van der Waals surface area contributed by atoms with Crippen molar-refractivity contribution in [3.8, 4) is 11.5 Å². The Morgan fingerprint density at radius 1 is 1.14 bits per heavy atom. The zero-order chi connectivity index (χ0) is 15.2. The van der Waals surface area contributed by atoms with Gasteiger partial charge < -0.3 is 10.1 Å². The molecule has 0 aliphatic rings. The lowest BCUT2D eigenvalue weighted by molar-refractivity contribution is -0.384. The van der Waals surface area contributed by atoms with Gasteiger partial charge in [0.15, 0.2) is 0 Å². The zero-order valence-electron chi connectivity index (χ0n) is 11.9. The Bertz CT molecular complexity index is 681. The predicted molar refractivity (Wildman–Crippen MR) is 83.9 cm³/mol. The molecular formula is C16H16N2O3. The third-order valence-electron chi connectivity index (χ3n) is 2.94. The molecule has 0 amide bonds. The van der Waals surface area contributed by atoms with E-state index in [1.165, 1.54) is 0 Å². The van der Waals surface area contributed by atoms with E-state index < -0.39 is 4.92 Å². The lowest BCUT2D eigenvalue weighted by Crippen LogP contribution is -1.99. The van der Waals surface area contributed by atoms with E-state index in [1.807, 2.05) is 37.3 Å². The highest BCUT2D eigenvalue weighted by Gasteiger charge is 2.21. The molecule has 0 spiro atoms. The molecule has 0 fully saturated rings. The number of hydrogen-bond acceptors (Lipinski definition) is 4. The predicted octanol–water partition coefficient (Wildman–Crippen LogP) is 4.46. The van der Waals surface area contributed by atoms with Gasteiger partial charge in [-0.3, -0.25) is 10.1 Å². The lowest BCUT2D eigenvalue weighted by atomic mass is 10.2. The summed E-state index contributed by atoms with van der Waals surface area (Å²) in [4.78, 5) is 10.8. The smallest absolute Gasteiger partial charge is 0.334 e. The Morgan fingerprint density at radius 3 is 2.52 bits per heavy atom. The van der Waals surface area contributed by atoms with Crippen molar-refractivity contribution in [3.05, 3.63) is 64.2 Å². The molecule has 1 N–H and O–H groups in total. The molecule has 5 nitrogen and oxygen atoms in total. The van der Waals surface area contributed by atoms with Crippen molar-refractivity contribution in [1.82, 2.24) is 0 Å². The van der Waals surface area contributed by atoms with Crippen LogP contribution in [-0.2, 0) is 0 Å². The number of para-hydroxylation sites is 2. The van der Waals surface area contributed by atoms with Crippen LogP contribution < -0.4 is 10.1 Å². The minimum absolute atomic E-state index is 0.0738. The van der Waals surface area contributed by atoms with Gasteiger partial charge >= 0.3 is 5.69 Å². The molecule has 2 aromatic carbocycles. The van der Waals surface area contributed by atoms with Gasteiger partial charge in [-0.15, -0.1) is 0 Å². The van der Waals surface area contributed by atoms with E-state index in [0.717, 1.165) is 5.56 Å². The number of nitrogens with one attached hydrogen (secondary N) is 1. The molecule has 0 aromatic heterocycles. The third-order valence-corrected chi connectivity index (χ3v) is 2.94. The van der Waals surface area contributed by atoms with E-state index in [0.29, 0.717) is 11.4 Å². The first-order chi connectivity index (χ1) is 10.2. The van der Waals surface area contributed by atoms with Crippen molar-refractivity contribution >= 4 is 17.5 Å². The second-order valence-corrected chi connectivity index (χ2v) is 4.30. The Labute approximate surface area is 123 Å². The Morgan fingerprint density at radius 2 is 1.86 bits per heavy atom. The summed E-state index contributed by atoms with van der Waals surface area (Å²) >= 11 is 0. The standard InChI is InChI=1S/C16H16N2O3/c1-3-7-12-8-4-5-10-14(12)21-15-11-6-9-13(17-2)16(15)18(19)20/h3-11,17H,1-2H3/b7-3+. The largest absolute Gasteiger partial charge is 0.449 e. The molecule has 0 unspecified atom stereocenters. The summed E-state index contributed by atoms with van der Waals surface area (Å²) < 4.78 is 5.76. The van der Waals surface area contributed by atoms with Crippen molar-refractivity contribution in [2.45, 2.75) is 6.92 Å². The highest BCUT2D eigenvalue weighted by molar-refractivity contribution is 5.69. The second kappa shape index (κ2) is 6.56. The second-order valence-electron chi connectivity index (χ2n) is 4.30. The van der Waals surface area contributed by atoms with Crippen molar-refractivity contribution < 1.29 is 9.66 Å². The summed E-state index contributed by atoms with van der Waals surface area (Å²) in [7, 11) is 1.64. The van der Waals surface area contributed by atoms with Gasteiger partial charge in [0.25, 0.3) is 0 Å². The fourth-order valence-corrected chi connectivity index (χ4v) is 2.00. The minimum atomic E-state index is -0.445. The first kappa shape index (κ1) is 14.6. The number of hydrogen-bond donors (Lipinski definition) is 1. The van der Waals surface area contributed by atoms with Crippen LogP contribution in [0, 0.1) is 10.1 Å². The van der Waals surface area contributed by atoms with Gasteiger partial charge in [0.05, 0.1) is 4.92 Å². The quantitative estimate of drug-likeness (QED) is 0.650. The number of ether oxygens (including phenoxy) is 1. The number of nitro benzene ring substituents is 1. The number of allylic oxidation sites excluding steroid dienone is 1. The van der Waals surface area contributed by atoms with E-state index in [2.05, 4.69) is 5.32 Å². The van der Waals surface area contributed by atoms with Crippen LogP contribution >= 0.6 is 0 Å². The topological polar surface area (TPSA) is 64.4 Å². The maximum atomic E-state index is 11.3. The molecule has 0 radical (unpaired) electrons. The molecule has 0 saturated heterocycles. The average Bonchev–Trinajstić information content (AvgIpc) is 2.49. The molecule has 0 heterocycles. The number of benzene rings is 2. The molecule has 0 aliphatic carbocycles. The van der Waals surface area contributed by atoms with E-state index in [-0.39, 0.29) is 11.4 Å². The van der Waals surface area contributed by atoms with Crippen LogP contribution in [0.5, 0.6) is 11.5 Å². The summed E-state index contributed by atoms with van der Waals surface area (Å²) in [6, 6.07) is 12.3. The minimum Gasteiger partial charge on any atom is -0.449 e. The Kier molecular flexibility index (Phi) is 4.56. The highest BCUT2D eigenvalue weighted by Crippen LogP contribution is 2.38. The number of nitro groups is 1. The maximum absolute atomic E-state index is 11.3. The van der Waals surface area contributed by atoms with Crippen LogP contribution in [0.3, 0.4) is 0 Å². The summed E-state index contributed by atoms with van der Waals surface area (Å²) in [5.41, 5.74) is 1.21. The first-order valence-corrected chi connectivity index (χ1v) is 6.52. The van der Waals surface area contributed by atoms with Gasteiger partial charge in [-0.25, -0.2) is 0 Å². The lowest BCUT2D eigenvalue weighted by Gasteiger charge is -2.11. The van der Waals surface area contributed by atoms with Crippen molar-refractivity contribution in [3.63, 3.8) is 0 Å². The van der Waals surface area contributed by atoms with Crippen molar-refractivity contribution in [2.24, 2.45) is 0 Å². The number of nitrogens with zero attached hydrogens (tertiary/aromatic N) is 1. The van der Waals surface area contributed by atoms with Gasteiger partial charge in [0, 0.05) is 12.6 Å². The van der Waals surface area contributed by atoms with Gasteiger partial charge in [0.2, 0.25) is 5.75 Å². The summed E-state index contributed by atoms with van der Waals surface area (Å²) in [5, 5.41) is 14.1. The molecule has 0 saturated carbocycles. The van der Waals surface area contributed by atoms with E-state index in [9.17, 15) is 10.1 Å². The van der Waals surface area contributed by atoms with Crippen molar-refractivity contribution in [2.75, 3.05) is 12.4 Å². The molecule has 2 aromatic rings. The zero-order valence-corrected chi connectivity index (χ0v) is 11.9. The summed E-state index contributed by atoms with van der Waals surface area (Å²) in [5.74, 6) is 0.788. The molecule has 0 atom stereocenters. The van der Waals surface area contributed by atoms with Crippen LogP contribution in [-0.4, -0.2) is 12.0 Å². The van der Waals surface area contributed by atoms with Crippen LogP contribution in [0.25, 0.3) is 6.08 Å². The SMILES string of the molecule is C/C=C/c1ccccc1Oc1cccc(NC)c1[N+](=O)[O-]. The molecule has 0 bridgehead atoms. The van der Waals surface area contributed by atoms with Gasteiger partial charge in [-0.05, 0) is 25.1 Å². The van der Waals surface area contributed by atoms with Gasteiger partial charge in [-0.1, -0.05) is 36.4 Å². The summed E-state index contributed by atoms with van der Waals surface area (Å²) in [6.45, 7) is 1.90. The molecule has 0 aliphatic heterocycles. The van der Waals surface area contributed by atoms with Gasteiger partial charge in [0.1, 0.15) is 11.4 Å². The molecule has 108 valence electrons. The molecular weight excluding hydrogens is 268 g/mol. The number of rotatable bonds is 5. The first-order valence-electron chi connectivity index (χ1n) is 6.52. The normalized spacial score (nSPS) is 10.6. The Balaban J connectivity index is 2.47. The molecule has 5 heteroatoms. The van der Waals surface area contributed by atoms with Crippen LogP contribution in [0.4, 0.5) is 11.4 Å². The van der Waals surface area contributed by atoms with Crippen LogP contribution in [0.1, 0.15) is 12.5 Å². The van der Waals surface area contributed by atoms with Crippen LogP contribution in [0.15, 0.2) is 48.5 Å². The van der Waals surface area contributed by atoms with Gasteiger partial charge in [-0.2, -0.15) is 0 Å². The van der Waals surface area contributed by atoms with Crippen molar-refractivity contribution in [1.29, 1.82) is 0 Å². The third kappa shape index (κ3) is 3.20. The Hall–Kier alpha value is -2.82. The number of anilines is 1. The molecule has 2 rings (SSSR count). The fraction of sp³-hybridized carbons (Fsp3) is 0.125. The maximum Gasteiger partial charge on any atom is 0.334 e. The van der Waals surface area contributed by atoms with E-state index >= 15 is 0 Å².